The van der Waals surface area contributed by atoms with Crippen LogP contribution in [0.5, 0.6) is 5.75 Å². The van der Waals surface area contributed by atoms with Crippen LogP contribution in [-0.2, 0) is 17.6 Å². The molecule has 0 bridgehead atoms. The molecule has 2 amide bonds. The zero-order valence-electron chi connectivity index (χ0n) is 15.9. The van der Waals surface area contributed by atoms with Crippen molar-refractivity contribution < 1.29 is 32.6 Å². The van der Waals surface area contributed by atoms with E-state index in [2.05, 4.69) is 4.74 Å². The first kappa shape index (κ1) is 23.2. The number of benzene rings is 2. The van der Waals surface area contributed by atoms with Crippen LogP contribution in [0, 0.1) is 12.3 Å². The Balaban J connectivity index is 2.09. The number of carbonyl (C=O) groups excluding carboxylic acids is 2. The van der Waals surface area contributed by atoms with E-state index in [0.29, 0.717) is 6.42 Å². The van der Waals surface area contributed by atoms with Crippen LogP contribution in [0.15, 0.2) is 48.5 Å². The highest BCUT2D eigenvalue weighted by molar-refractivity contribution is 5.95. The SMILES string of the molecule is NC(=O)c1cc(OC(F)(F)F)ccc1C[C@H](C[C@@H](O)[CH]Cc1ccccc1)C(N)=O. The molecular formula is C21H22F3N2O4. The summed E-state index contributed by atoms with van der Waals surface area (Å²) in [6, 6.07) is 12.5. The summed E-state index contributed by atoms with van der Waals surface area (Å²) in [7, 11) is 0. The van der Waals surface area contributed by atoms with Crippen molar-refractivity contribution in [2.24, 2.45) is 17.4 Å². The summed E-state index contributed by atoms with van der Waals surface area (Å²) in [6.07, 6.45) is -3.86. The topological polar surface area (TPSA) is 116 Å². The molecule has 0 saturated heterocycles. The molecule has 6 nitrogen and oxygen atoms in total. The standard InChI is InChI=1S/C21H22F3N2O4/c22-21(23,24)30-17-9-7-14(18(12-17)20(26)29)10-15(19(25)28)11-16(27)8-6-13-4-2-1-3-5-13/h1-5,7-9,12,15-16,27H,6,10-11H2,(H2,25,28)(H2,26,29)/t15-,16+/m1/s1. The minimum Gasteiger partial charge on any atom is -0.406 e. The number of amides is 2. The first-order chi connectivity index (χ1) is 14.0. The quantitative estimate of drug-likeness (QED) is 0.545. The Morgan fingerprint density at radius 2 is 1.77 bits per heavy atom. The Bertz CT molecular complexity index is 872. The average molecular weight is 423 g/mol. The van der Waals surface area contributed by atoms with Gasteiger partial charge in [-0.3, -0.25) is 9.59 Å². The summed E-state index contributed by atoms with van der Waals surface area (Å²) in [4.78, 5) is 23.5. The van der Waals surface area contributed by atoms with Crippen LogP contribution < -0.4 is 16.2 Å². The summed E-state index contributed by atoms with van der Waals surface area (Å²) in [6.45, 7) is 0. The molecule has 0 saturated carbocycles. The molecule has 0 aliphatic rings. The van der Waals surface area contributed by atoms with Crippen molar-refractivity contribution in [3.63, 3.8) is 0 Å². The predicted octanol–water partition coefficient (Wildman–Crippen LogP) is 2.53. The summed E-state index contributed by atoms with van der Waals surface area (Å²) in [5, 5.41) is 10.3. The Hall–Kier alpha value is -3.07. The van der Waals surface area contributed by atoms with E-state index < -0.39 is 35.9 Å². The van der Waals surface area contributed by atoms with Gasteiger partial charge in [0, 0.05) is 11.5 Å². The summed E-state index contributed by atoms with van der Waals surface area (Å²) in [5.41, 5.74) is 11.7. The normalized spacial score (nSPS) is 13.5. The molecule has 5 N–H and O–H groups in total. The maximum Gasteiger partial charge on any atom is 0.573 e. The van der Waals surface area contributed by atoms with E-state index in [4.69, 9.17) is 11.5 Å². The number of halogens is 3. The van der Waals surface area contributed by atoms with Gasteiger partial charge in [0.2, 0.25) is 11.8 Å². The summed E-state index contributed by atoms with van der Waals surface area (Å²) in [5.74, 6) is -3.16. The largest absolute Gasteiger partial charge is 0.573 e. The fourth-order valence-electron chi connectivity index (χ4n) is 3.00. The molecular weight excluding hydrogens is 401 g/mol. The second kappa shape index (κ2) is 10.1. The maximum atomic E-state index is 12.4. The number of aliphatic hydroxyl groups excluding tert-OH is 1. The van der Waals surface area contributed by atoms with Gasteiger partial charge in [0.1, 0.15) is 5.75 Å². The zero-order chi connectivity index (χ0) is 22.3. The lowest BCUT2D eigenvalue weighted by atomic mass is 9.89. The van der Waals surface area contributed by atoms with Gasteiger partial charge >= 0.3 is 6.36 Å². The van der Waals surface area contributed by atoms with Crippen molar-refractivity contribution in [1.82, 2.24) is 0 Å². The summed E-state index contributed by atoms with van der Waals surface area (Å²) < 4.78 is 41.0. The van der Waals surface area contributed by atoms with Gasteiger partial charge in [-0.25, -0.2) is 0 Å². The van der Waals surface area contributed by atoms with Crippen LogP contribution in [0.25, 0.3) is 0 Å². The van der Waals surface area contributed by atoms with E-state index in [9.17, 15) is 27.9 Å². The molecule has 0 aliphatic carbocycles. The number of nitrogens with two attached hydrogens (primary N) is 2. The monoisotopic (exact) mass is 423 g/mol. The van der Waals surface area contributed by atoms with E-state index >= 15 is 0 Å². The van der Waals surface area contributed by atoms with Gasteiger partial charge in [0.15, 0.2) is 0 Å². The third-order valence-corrected chi connectivity index (χ3v) is 4.44. The number of aliphatic hydroxyl groups is 1. The molecule has 1 radical (unpaired) electrons. The van der Waals surface area contributed by atoms with Crippen molar-refractivity contribution in [1.29, 1.82) is 0 Å². The Labute approximate surface area is 171 Å². The van der Waals surface area contributed by atoms with Crippen LogP contribution in [-0.4, -0.2) is 29.4 Å². The Morgan fingerprint density at radius 3 is 2.33 bits per heavy atom. The first-order valence-corrected chi connectivity index (χ1v) is 9.08. The fraction of sp³-hybridized carbons (Fsp3) is 0.286. The van der Waals surface area contributed by atoms with Crippen molar-refractivity contribution in [2.75, 3.05) is 0 Å². The van der Waals surface area contributed by atoms with Crippen molar-refractivity contribution in [2.45, 2.75) is 31.7 Å². The van der Waals surface area contributed by atoms with Gasteiger partial charge < -0.3 is 21.3 Å². The van der Waals surface area contributed by atoms with E-state index in [1.165, 1.54) is 6.07 Å². The number of hydrogen-bond acceptors (Lipinski definition) is 4. The Morgan fingerprint density at radius 1 is 1.10 bits per heavy atom. The molecule has 9 heteroatoms. The van der Waals surface area contributed by atoms with E-state index in [-0.39, 0.29) is 24.0 Å². The van der Waals surface area contributed by atoms with E-state index in [1.54, 1.807) is 6.42 Å². The van der Waals surface area contributed by atoms with Crippen molar-refractivity contribution >= 4 is 11.8 Å². The first-order valence-electron chi connectivity index (χ1n) is 9.08. The van der Waals surface area contributed by atoms with Gasteiger partial charge in [0.25, 0.3) is 0 Å². The molecule has 2 aromatic carbocycles. The fourth-order valence-corrected chi connectivity index (χ4v) is 3.00. The minimum atomic E-state index is -4.93. The second-order valence-electron chi connectivity index (χ2n) is 6.76. The number of hydrogen-bond donors (Lipinski definition) is 3. The van der Waals surface area contributed by atoms with Gasteiger partial charge in [-0.1, -0.05) is 36.4 Å². The molecule has 161 valence electrons. The molecule has 2 rings (SSSR count). The van der Waals surface area contributed by atoms with E-state index in [0.717, 1.165) is 17.7 Å². The molecule has 2 aromatic rings. The van der Waals surface area contributed by atoms with Gasteiger partial charge in [0.05, 0.1) is 6.10 Å². The molecule has 0 unspecified atom stereocenters. The summed E-state index contributed by atoms with van der Waals surface area (Å²) >= 11 is 0. The van der Waals surface area contributed by atoms with Gasteiger partial charge in [-0.15, -0.1) is 13.2 Å². The average Bonchev–Trinajstić information content (AvgIpc) is 2.66. The van der Waals surface area contributed by atoms with Crippen LogP contribution in [0.4, 0.5) is 13.2 Å². The van der Waals surface area contributed by atoms with Crippen molar-refractivity contribution in [3.8, 4) is 5.75 Å². The lowest BCUT2D eigenvalue weighted by molar-refractivity contribution is -0.274. The highest BCUT2D eigenvalue weighted by atomic mass is 19.4. The number of carbonyl (C=O) groups is 2. The lowest BCUT2D eigenvalue weighted by Crippen LogP contribution is -2.30. The zero-order valence-corrected chi connectivity index (χ0v) is 15.9. The molecule has 30 heavy (non-hydrogen) atoms. The number of rotatable bonds is 10. The second-order valence-corrected chi connectivity index (χ2v) is 6.76. The highest BCUT2D eigenvalue weighted by Gasteiger charge is 2.31. The molecule has 0 aliphatic heterocycles. The highest BCUT2D eigenvalue weighted by Crippen LogP contribution is 2.27. The van der Waals surface area contributed by atoms with Crippen LogP contribution >= 0.6 is 0 Å². The van der Waals surface area contributed by atoms with Gasteiger partial charge in [-0.2, -0.15) is 0 Å². The number of primary amides is 2. The third kappa shape index (κ3) is 7.40. The minimum absolute atomic E-state index is 0.0127. The Kier molecular flexibility index (Phi) is 7.82. The molecule has 0 aromatic heterocycles. The van der Waals surface area contributed by atoms with Gasteiger partial charge in [-0.05, 0) is 48.9 Å². The lowest BCUT2D eigenvalue weighted by Gasteiger charge is -2.19. The number of alkyl halides is 3. The predicted molar refractivity (Wildman–Crippen MR) is 103 cm³/mol. The molecule has 2 atom stereocenters. The van der Waals surface area contributed by atoms with Crippen LogP contribution in [0.3, 0.4) is 0 Å². The van der Waals surface area contributed by atoms with Crippen molar-refractivity contribution in [3.05, 3.63) is 71.6 Å². The maximum absolute atomic E-state index is 12.4. The molecule has 0 fully saturated rings. The van der Waals surface area contributed by atoms with Crippen LogP contribution in [0.1, 0.15) is 27.9 Å². The molecule has 0 spiro atoms. The van der Waals surface area contributed by atoms with E-state index in [1.807, 2.05) is 30.3 Å². The molecule has 0 heterocycles. The van der Waals surface area contributed by atoms with Crippen LogP contribution in [0.2, 0.25) is 0 Å². The number of ether oxygens (including phenoxy) is 1. The third-order valence-electron chi connectivity index (χ3n) is 4.44. The smallest absolute Gasteiger partial charge is 0.406 e.